The molecule has 3 saturated carbocycles. The molecule has 0 heterocycles. The monoisotopic (exact) mass is 408 g/mol. The van der Waals surface area contributed by atoms with Crippen LogP contribution in [0.25, 0.3) is 0 Å². The van der Waals surface area contributed by atoms with Crippen LogP contribution >= 0.6 is 0 Å². The van der Waals surface area contributed by atoms with Crippen molar-refractivity contribution in [3.63, 3.8) is 0 Å². The molecule has 0 aromatic carbocycles. The number of hydrogen-bond donors (Lipinski definition) is 0. The Morgan fingerprint density at radius 1 is 1.10 bits per heavy atom. The fourth-order valence-corrected chi connectivity index (χ4v) is 8.44. The van der Waals surface area contributed by atoms with Crippen molar-refractivity contribution in [2.45, 2.75) is 99.3 Å². The normalized spacial score (nSPS) is 40.6. The SMILES string of the molecule is C=C(C)CCC[C@@H](C)[C@H]1CC[C@H]2C3=CC=C4C(C)(C)C(=O)CC[C@]4(C)[C@H]3CC[C@]12C. The second-order valence-corrected chi connectivity index (χ2v) is 12.4. The molecule has 0 spiro atoms. The van der Waals surface area contributed by atoms with E-state index in [2.05, 4.69) is 60.3 Å². The molecule has 3 fully saturated rings. The number of carbonyl (C=O) groups is 1. The van der Waals surface area contributed by atoms with E-state index in [-0.39, 0.29) is 10.8 Å². The highest BCUT2D eigenvalue weighted by molar-refractivity contribution is 5.89. The minimum atomic E-state index is -0.286. The predicted molar refractivity (Wildman–Crippen MR) is 127 cm³/mol. The molecule has 0 unspecified atom stereocenters. The number of fused-ring (bicyclic) bond motifs is 5. The van der Waals surface area contributed by atoms with E-state index in [1.165, 1.54) is 56.1 Å². The first kappa shape index (κ1) is 22.1. The van der Waals surface area contributed by atoms with Crippen LogP contribution in [0.4, 0.5) is 0 Å². The smallest absolute Gasteiger partial charge is 0.142 e. The Balaban J connectivity index is 1.60. The van der Waals surface area contributed by atoms with Crippen molar-refractivity contribution in [1.82, 2.24) is 0 Å². The topological polar surface area (TPSA) is 17.1 Å². The van der Waals surface area contributed by atoms with Crippen LogP contribution in [0.3, 0.4) is 0 Å². The van der Waals surface area contributed by atoms with Gasteiger partial charge in [0.25, 0.3) is 0 Å². The van der Waals surface area contributed by atoms with Crippen molar-refractivity contribution in [3.05, 3.63) is 35.5 Å². The van der Waals surface area contributed by atoms with Crippen LogP contribution in [0.5, 0.6) is 0 Å². The summed E-state index contributed by atoms with van der Waals surface area (Å²) in [6, 6.07) is 0. The molecule has 0 N–H and O–H groups in total. The van der Waals surface area contributed by atoms with E-state index < -0.39 is 0 Å². The number of ketones is 1. The van der Waals surface area contributed by atoms with E-state index >= 15 is 0 Å². The van der Waals surface area contributed by atoms with Gasteiger partial charge in [-0.2, -0.15) is 0 Å². The van der Waals surface area contributed by atoms with Gasteiger partial charge in [0.05, 0.1) is 0 Å². The van der Waals surface area contributed by atoms with E-state index in [1.807, 2.05) is 0 Å². The molecule has 30 heavy (non-hydrogen) atoms. The highest BCUT2D eigenvalue weighted by atomic mass is 16.1. The summed E-state index contributed by atoms with van der Waals surface area (Å²) < 4.78 is 0. The minimum Gasteiger partial charge on any atom is -0.299 e. The Morgan fingerprint density at radius 3 is 2.53 bits per heavy atom. The molecule has 0 aromatic heterocycles. The first-order valence-corrected chi connectivity index (χ1v) is 12.6. The number of Topliss-reactive ketones (excluding diaryl/α,β-unsaturated/α-hetero) is 1. The zero-order chi connectivity index (χ0) is 21.9. The van der Waals surface area contributed by atoms with Gasteiger partial charge >= 0.3 is 0 Å². The fraction of sp³-hybridized carbons (Fsp3) is 0.759. The molecular formula is C29H44O. The first-order valence-electron chi connectivity index (χ1n) is 12.6. The molecule has 0 saturated heterocycles. The van der Waals surface area contributed by atoms with Gasteiger partial charge in [-0.1, -0.05) is 56.1 Å². The second kappa shape index (κ2) is 7.49. The molecule has 0 aromatic rings. The lowest BCUT2D eigenvalue weighted by atomic mass is 9.47. The lowest BCUT2D eigenvalue weighted by Gasteiger charge is -2.57. The number of hydrogen-bond acceptors (Lipinski definition) is 1. The van der Waals surface area contributed by atoms with Gasteiger partial charge in [0, 0.05) is 11.8 Å². The number of allylic oxidation sites excluding steroid dienone is 5. The summed E-state index contributed by atoms with van der Waals surface area (Å²) in [7, 11) is 0. The largest absolute Gasteiger partial charge is 0.299 e. The fourth-order valence-electron chi connectivity index (χ4n) is 8.44. The highest BCUT2D eigenvalue weighted by Gasteiger charge is 2.59. The predicted octanol–water partition coefficient (Wildman–Crippen LogP) is 8.07. The first-order chi connectivity index (χ1) is 14.0. The van der Waals surface area contributed by atoms with Crippen molar-refractivity contribution in [3.8, 4) is 0 Å². The summed E-state index contributed by atoms with van der Waals surface area (Å²) in [4.78, 5) is 12.7. The zero-order valence-corrected chi connectivity index (χ0v) is 20.4. The minimum absolute atomic E-state index is 0.189. The van der Waals surface area contributed by atoms with Crippen LogP contribution < -0.4 is 0 Å². The third-order valence-electron chi connectivity index (χ3n) is 10.2. The molecule has 0 bridgehead atoms. The summed E-state index contributed by atoms with van der Waals surface area (Å²) in [6.45, 7) is 18.2. The van der Waals surface area contributed by atoms with Crippen molar-refractivity contribution in [1.29, 1.82) is 0 Å². The molecule has 166 valence electrons. The molecule has 1 heteroatoms. The van der Waals surface area contributed by atoms with Crippen LogP contribution in [0.2, 0.25) is 0 Å². The third-order valence-corrected chi connectivity index (χ3v) is 10.2. The number of carbonyl (C=O) groups excluding carboxylic acids is 1. The molecule has 4 rings (SSSR count). The maximum atomic E-state index is 12.7. The molecule has 0 amide bonds. The van der Waals surface area contributed by atoms with E-state index in [4.69, 9.17) is 0 Å². The quantitative estimate of drug-likeness (QED) is 0.420. The van der Waals surface area contributed by atoms with E-state index in [1.54, 1.807) is 5.57 Å². The Kier molecular flexibility index (Phi) is 5.52. The maximum absolute atomic E-state index is 12.7. The molecule has 1 nitrogen and oxygen atoms in total. The zero-order valence-electron chi connectivity index (χ0n) is 20.4. The summed E-state index contributed by atoms with van der Waals surface area (Å²) in [5.41, 5.74) is 4.87. The summed E-state index contributed by atoms with van der Waals surface area (Å²) in [5.74, 6) is 3.51. The molecule has 0 radical (unpaired) electrons. The second-order valence-electron chi connectivity index (χ2n) is 12.4. The van der Waals surface area contributed by atoms with Crippen LogP contribution in [0, 0.1) is 39.9 Å². The van der Waals surface area contributed by atoms with Gasteiger partial charge in [0.15, 0.2) is 0 Å². The van der Waals surface area contributed by atoms with Gasteiger partial charge in [0.2, 0.25) is 0 Å². The molecule has 0 aliphatic heterocycles. The molecule has 6 atom stereocenters. The highest BCUT2D eigenvalue weighted by Crippen LogP contribution is 2.67. The van der Waals surface area contributed by atoms with E-state index in [0.29, 0.717) is 17.1 Å². The Bertz CT molecular complexity index is 795. The molecule has 4 aliphatic rings. The average Bonchev–Trinajstić information content (AvgIpc) is 3.02. The van der Waals surface area contributed by atoms with Crippen molar-refractivity contribution in [2.24, 2.45) is 39.9 Å². The molecular weight excluding hydrogens is 364 g/mol. The third kappa shape index (κ3) is 3.21. The van der Waals surface area contributed by atoms with Crippen molar-refractivity contribution >= 4 is 5.78 Å². The Labute approximate surface area is 185 Å². The van der Waals surface area contributed by atoms with E-state index in [0.717, 1.165) is 30.6 Å². The van der Waals surface area contributed by atoms with Gasteiger partial charge in [-0.15, -0.1) is 6.58 Å². The van der Waals surface area contributed by atoms with Crippen LogP contribution in [-0.4, -0.2) is 5.78 Å². The van der Waals surface area contributed by atoms with Gasteiger partial charge in [-0.3, -0.25) is 4.79 Å². The van der Waals surface area contributed by atoms with Crippen molar-refractivity contribution in [2.75, 3.05) is 0 Å². The van der Waals surface area contributed by atoms with Gasteiger partial charge in [0.1, 0.15) is 5.78 Å². The van der Waals surface area contributed by atoms with Crippen molar-refractivity contribution < 1.29 is 4.79 Å². The summed E-state index contributed by atoms with van der Waals surface area (Å²) in [5, 5.41) is 0. The molecule has 4 aliphatic carbocycles. The lowest BCUT2D eigenvalue weighted by Crippen LogP contribution is -2.50. The van der Waals surface area contributed by atoms with Crippen LogP contribution in [0.15, 0.2) is 35.5 Å². The van der Waals surface area contributed by atoms with Gasteiger partial charge < -0.3 is 0 Å². The summed E-state index contributed by atoms with van der Waals surface area (Å²) >= 11 is 0. The van der Waals surface area contributed by atoms with Crippen LogP contribution in [0.1, 0.15) is 99.3 Å². The van der Waals surface area contributed by atoms with Gasteiger partial charge in [-0.05, 0) is 100 Å². The lowest BCUT2D eigenvalue weighted by molar-refractivity contribution is -0.129. The standard InChI is InChI=1S/C29H44O/c1-19(2)9-8-10-20(3)22-12-13-23-21-11-14-25-27(4,5)26(30)16-18-29(25,7)24(21)15-17-28(22,23)6/h11,14,20,22-24H,1,8-10,12-13,15-18H2,2-7H3/t20-,22-,23+,24+,28-,29-/m1/s1. The number of rotatable bonds is 5. The van der Waals surface area contributed by atoms with Gasteiger partial charge in [-0.25, -0.2) is 0 Å². The van der Waals surface area contributed by atoms with Crippen LogP contribution in [-0.2, 0) is 4.79 Å². The average molecular weight is 409 g/mol. The Hall–Kier alpha value is -1.11. The Morgan fingerprint density at radius 2 is 1.83 bits per heavy atom. The summed E-state index contributed by atoms with van der Waals surface area (Å²) in [6.07, 6.45) is 16.0. The van der Waals surface area contributed by atoms with E-state index in [9.17, 15) is 4.79 Å². The maximum Gasteiger partial charge on any atom is 0.142 e.